The van der Waals surface area contributed by atoms with Crippen LogP contribution in [0.1, 0.15) is 42.3 Å². The highest BCUT2D eigenvalue weighted by Crippen LogP contribution is 2.11. The van der Waals surface area contributed by atoms with Crippen LogP contribution in [0.3, 0.4) is 0 Å². The van der Waals surface area contributed by atoms with Crippen molar-refractivity contribution in [3.63, 3.8) is 0 Å². The number of primary amides is 1. The van der Waals surface area contributed by atoms with Crippen LogP contribution in [0, 0.1) is 6.92 Å². The van der Waals surface area contributed by atoms with Gasteiger partial charge in [-0.2, -0.15) is 5.48 Å². The zero-order valence-corrected chi connectivity index (χ0v) is 10.8. The van der Waals surface area contributed by atoms with E-state index in [-0.39, 0.29) is 5.60 Å². The topological polar surface area (TPSA) is 64.4 Å². The lowest BCUT2D eigenvalue weighted by atomic mass is 10.1. The zero-order valence-electron chi connectivity index (χ0n) is 10.8. The smallest absolute Gasteiger partial charge is 0.248 e. The van der Waals surface area contributed by atoms with E-state index in [1.54, 1.807) is 12.1 Å². The summed E-state index contributed by atoms with van der Waals surface area (Å²) in [5.41, 5.74) is 10.5. The molecule has 0 saturated heterocycles. The Morgan fingerprint density at radius 1 is 1.41 bits per heavy atom. The van der Waals surface area contributed by atoms with Crippen molar-refractivity contribution >= 4 is 5.91 Å². The van der Waals surface area contributed by atoms with E-state index >= 15 is 0 Å². The number of carbonyl (C=O) groups excluding carboxylic acids is 1. The zero-order chi connectivity index (χ0) is 13.1. The third-order valence-electron chi connectivity index (χ3n) is 2.27. The highest BCUT2D eigenvalue weighted by molar-refractivity contribution is 5.93. The van der Waals surface area contributed by atoms with Crippen molar-refractivity contribution in [2.24, 2.45) is 5.73 Å². The van der Waals surface area contributed by atoms with Gasteiger partial charge in [0.2, 0.25) is 5.91 Å². The summed E-state index contributed by atoms with van der Waals surface area (Å²) in [5.74, 6) is -0.404. The number of hydrogen-bond acceptors (Lipinski definition) is 3. The lowest BCUT2D eigenvalue weighted by Crippen LogP contribution is -2.29. The highest BCUT2D eigenvalue weighted by atomic mass is 16.7. The normalized spacial score (nSPS) is 11.5. The summed E-state index contributed by atoms with van der Waals surface area (Å²) in [6.45, 7) is 8.47. The standard InChI is InChI=1S/C13H20N2O2/c1-9-7-10(12(14)16)5-6-11(9)8-15-17-13(2,3)4/h5-7,15H,8H2,1-4H3,(H2,14,16). The molecule has 0 unspecified atom stereocenters. The predicted molar refractivity (Wildman–Crippen MR) is 67.4 cm³/mol. The summed E-state index contributed by atoms with van der Waals surface area (Å²) in [5, 5.41) is 0. The Labute approximate surface area is 102 Å². The fourth-order valence-corrected chi connectivity index (χ4v) is 1.38. The van der Waals surface area contributed by atoms with E-state index in [9.17, 15) is 4.79 Å². The summed E-state index contributed by atoms with van der Waals surface area (Å²) in [4.78, 5) is 16.4. The van der Waals surface area contributed by atoms with Crippen molar-refractivity contribution in [3.05, 3.63) is 34.9 Å². The fraction of sp³-hybridized carbons (Fsp3) is 0.462. The maximum Gasteiger partial charge on any atom is 0.248 e. The average Bonchev–Trinajstić information content (AvgIpc) is 2.18. The molecule has 0 aromatic heterocycles. The summed E-state index contributed by atoms with van der Waals surface area (Å²) in [7, 11) is 0. The van der Waals surface area contributed by atoms with Gasteiger partial charge in [-0.3, -0.25) is 9.63 Å². The lowest BCUT2D eigenvalue weighted by Gasteiger charge is -2.19. The van der Waals surface area contributed by atoms with Gasteiger partial charge in [-0.25, -0.2) is 0 Å². The fourth-order valence-electron chi connectivity index (χ4n) is 1.38. The molecule has 3 N–H and O–H groups in total. The van der Waals surface area contributed by atoms with Gasteiger partial charge in [-0.05, 0) is 51.0 Å². The summed E-state index contributed by atoms with van der Waals surface area (Å²) >= 11 is 0. The summed E-state index contributed by atoms with van der Waals surface area (Å²) in [6.07, 6.45) is 0. The maximum absolute atomic E-state index is 11.0. The number of carbonyl (C=O) groups is 1. The average molecular weight is 236 g/mol. The Bertz CT molecular complexity index is 408. The van der Waals surface area contributed by atoms with Crippen LogP contribution >= 0.6 is 0 Å². The number of hydroxylamine groups is 1. The van der Waals surface area contributed by atoms with E-state index in [1.165, 1.54) is 0 Å². The van der Waals surface area contributed by atoms with Gasteiger partial charge in [0.15, 0.2) is 0 Å². The third kappa shape index (κ3) is 4.54. The van der Waals surface area contributed by atoms with Crippen LogP contribution in [-0.4, -0.2) is 11.5 Å². The number of hydrogen-bond donors (Lipinski definition) is 2. The molecule has 4 nitrogen and oxygen atoms in total. The molecule has 0 fully saturated rings. The predicted octanol–water partition coefficient (Wildman–Crippen LogP) is 1.91. The lowest BCUT2D eigenvalue weighted by molar-refractivity contribution is -0.0758. The second-order valence-corrected chi connectivity index (χ2v) is 5.04. The van der Waals surface area contributed by atoms with E-state index in [0.29, 0.717) is 12.1 Å². The Kier molecular flexibility index (Phi) is 4.26. The molecule has 0 spiro atoms. The molecular weight excluding hydrogens is 216 g/mol. The molecular formula is C13H20N2O2. The van der Waals surface area contributed by atoms with Gasteiger partial charge in [0.25, 0.3) is 0 Å². The highest BCUT2D eigenvalue weighted by Gasteiger charge is 2.10. The monoisotopic (exact) mass is 236 g/mol. The Morgan fingerprint density at radius 2 is 2.06 bits per heavy atom. The maximum atomic E-state index is 11.0. The quantitative estimate of drug-likeness (QED) is 0.785. The van der Waals surface area contributed by atoms with E-state index in [1.807, 2.05) is 33.8 Å². The number of amides is 1. The van der Waals surface area contributed by atoms with Gasteiger partial charge < -0.3 is 5.73 Å². The van der Waals surface area contributed by atoms with Gasteiger partial charge in [0.1, 0.15) is 0 Å². The number of nitrogens with one attached hydrogen (secondary N) is 1. The van der Waals surface area contributed by atoms with Gasteiger partial charge in [-0.1, -0.05) is 6.07 Å². The van der Waals surface area contributed by atoms with Crippen molar-refractivity contribution < 1.29 is 9.63 Å². The molecule has 1 aromatic rings. The molecule has 0 radical (unpaired) electrons. The van der Waals surface area contributed by atoms with Crippen LogP contribution in [-0.2, 0) is 11.4 Å². The molecule has 0 aliphatic carbocycles. The molecule has 1 aromatic carbocycles. The molecule has 0 aliphatic heterocycles. The van der Waals surface area contributed by atoms with Crippen molar-refractivity contribution in [2.45, 2.75) is 39.8 Å². The van der Waals surface area contributed by atoms with Crippen molar-refractivity contribution in [1.29, 1.82) is 0 Å². The minimum atomic E-state index is -0.404. The van der Waals surface area contributed by atoms with Crippen LogP contribution in [0.4, 0.5) is 0 Å². The molecule has 0 bridgehead atoms. The van der Waals surface area contributed by atoms with E-state index < -0.39 is 5.91 Å². The van der Waals surface area contributed by atoms with Crippen molar-refractivity contribution in [1.82, 2.24) is 5.48 Å². The minimum absolute atomic E-state index is 0.221. The Morgan fingerprint density at radius 3 is 2.53 bits per heavy atom. The molecule has 1 rings (SSSR count). The molecule has 94 valence electrons. The van der Waals surface area contributed by atoms with E-state index in [2.05, 4.69) is 5.48 Å². The first-order valence-electron chi connectivity index (χ1n) is 5.60. The Balaban J connectivity index is 2.64. The number of nitrogens with two attached hydrogens (primary N) is 1. The Hall–Kier alpha value is -1.39. The van der Waals surface area contributed by atoms with Crippen LogP contribution in [0.2, 0.25) is 0 Å². The third-order valence-corrected chi connectivity index (χ3v) is 2.27. The number of benzene rings is 1. The molecule has 0 aliphatic rings. The van der Waals surface area contributed by atoms with Crippen LogP contribution < -0.4 is 11.2 Å². The van der Waals surface area contributed by atoms with Gasteiger partial charge in [-0.15, -0.1) is 0 Å². The summed E-state index contributed by atoms with van der Waals surface area (Å²) in [6, 6.07) is 5.40. The molecule has 4 heteroatoms. The first-order valence-corrected chi connectivity index (χ1v) is 5.60. The van der Waals surface area contributed by atoms with Gasteiger partial charge in [0, 0.05) is 12.1 Å². The van der Waals surface area contributed by atoms with Gasteiger partial charge >= 0.3 is 0 Å². The van der Waals surface area contributed by atoms with E-state index in [4.69, 9.17) is 10.6 Å². The summed E-state index contributed by atoms with van der Waals surface area (Å²) < 4.78 is 0. The van der Waals surface area contributed by atoms with Crippen molar-refractivity contribution in [3.8, 4) is 0 Å². The first kappa shape index (κ1) is 13.7. The van der Waals surface area contributed by atoms with Crippen LogP contribution in [0.5, 0.6) is 0 Å². The second-order valence-electron chi connectivity index (χ2n) is 5.04. The molecule has 0 saturated carbocycles. The minimum Gasteiger partial charge on any atom is -0.366 e. The number of rotatable bonds is 4. The van der Waals surface area contributed by atoms with Crippen LogP contribution in [0.25, 0.3) is 0 Å². The molecule has 1 amide bonds. The number of aryl methyl sites for hydroxylation is 1. The van der Waals surface area contributed by atoms with Gasteiger partial charge in [0.05, 0.1) is 5.60 Å². The molecule has 17 heavy (non-hydrogen) atoms. The molecule has 0 heterocycles. The van der Waals surface area contributed by atoms with E-state index in [0.717, 1.165) is 11.1 Å². The van der Waals surface area contributed by atoms with Crippen molar-refractivity contribution in [2.75, 3.05) is 0 Å². The largest absolute Gasteiger partial charge is 0.366 e. The first-order chi connectivity index (χ1) is 7.79. The molecule has 0 atom stereocenters. The SMILES string of the molecule is Cc1cc(C(N)=O)ccc1CNOC(C)(C)C. The second kappa shape index (κ2) is 5.29. The van der Waals surface area contributed by atoms with Crippen LogP contribution in [0.15, 0.2) is 18.2 Å².